The Morgan fingerprint density at radius 2 is 2.11 bits per heavy atom. The first-order chi connectivity index (χ1) is 9.06. The Kier molecular flexibility index (Phi) is 3.99. The predicted molar refractivity (Wildman–Crippen MR) is 67.7 cm³/mol. The lowest BCUT2D eigenvalue weighted by atomic mass is 9.85. The van der Waals surface area contributed by atoms with Crippen LogP contribution in [0.4, 0.5) is 14.9 Å². The molecule has 2 amide bonds. The van der Waals surface area contributed by atoms with Gasteiger partial charge >= 0.3 is 12.0 Å². The van der Waals surface area contributed by atoms with Crippen molar-refractivity contribution in [1.29, 1.82) is 0 Å². The number of benzene rings is 1. The smallest absolute Gasteiger partial charge is 0.338 e. The van der Waals surface area contributed by atoms with Crippen LogP contribution in [0.3, 0.4) is 0 Å². The number of halogens is 1. The van der Waals surface area contributed by atoms with E-state index in [0.29, 0.717) is 12.5 Å². The van der Waals surface area contributed by atoms with Crippen LogP contribution in [-0.4, -0.2) is 23.7 Å². The molecule has 5 nitrogen and oxygen atoms in total. The van der Waals surface area contributed by atoms with E-state index >= 15 is 0 Å². The molecule has 1 aliphatic rings. The lowest BCUT2D eigenvalue weighted by Crippen LogP contribution is -2.35. The Bertz CT molecular complexity index is 501. The summed E-state index contributed by atoms with van der Waals surface area (Å²) in [6, 6.07) is 3.03. The maximum atomic E-state index is 13.2. The van der Waals surface area contributed by atoms with Gasteiger partial charge in [0.15, 0.2) is 0 Å². The molecule has 0 radical (unpaired) electrons. The number of carboxylic acid groups (broad SMARTS) is 1. The Morgan fingerprint density at radius 1 is 1.37 bits per heavy atom. The number of rotatable bonds is 4. The van der Waals surface area contributed by atoms with Gasteiger partial charge < -0.3 is 15.7 Å². The van der Waals surface area contributed by atoms with Crippen molar-refractivity contribution in [2.75, 3.05) is 11.9 Å². The van der Waals surface area contributed by atoms with Gasteiger partial charge in [0.1, 0.15) is 5.82 Å². The highest BCUT2D eigenvalue weighted by Crippen LogP contribution is 2.25. The van der Waals surface area contributed by atoms with Crippen molar-refractivity contribution in [2.45, 2.75) is 19.3 Å². The standard InChI is InChI=1S/C13H15FN2O3/c14-11-5-4-9(6-10(11)12(17)18)16-13(19)15-7-8-2-1-3-8/h4-6,8H,1-3,7H2,(H,17,18)(H2,15,16,19). The number of carbonyl (C=O) groups excluding carboxylic acids is 1. The van der Waals surface area contributed by atoms with Gasteiger partial charge in [-0.2, -0.15) is 0 Å². The highest BCUT2D eigenvalue weighted by Gasteiger charge is 2.18. The molecule has 0 bridgehead atoms. The zero-order valence-electron chi connectivity index (χ0n) is 10.3. The van der Waals surface area contributed by atoms with Gasteiger partial charge in [-0.15, -0.1) is 0 Å². The van der Waals surface area contributed by atoms with Crippen LogP contribution in [0.25, 0.3) is 0 Å². The van der Waals surface area contributed by atoms with Gasteiger partial charge in [0.25, 0.3) is 0 Å². The van der Waals surface area contributed by atoms with Crippen LogP contribution < -0.4 is 10.6 Å². The summed E-state index contributed by atoms with van der Waals surface area (Å²) in [6.07, 6.45) is 3.45. The molecule has 1 saturated carbocycles. The van der Waals surface area contributed by atoms with E-state index in [1.54, 1.807) is 0 Å². The highest BCUT2D eigenvalue weighted by atomic mass is 19.1. The van der Waals surface area contributed by atoms with Crippen molar-refractivity contribution in [3.05, 3.63) is 29.6 Å². The van der Waals surface area contributed by atoms with Crippen molar-refractivity contribution >= 4 is 17.7 Å². The average Bonchev–Trinajstić information content (AvgIpc) is 2.29. The number of aromatic carboxylic acids is 1. The summed E-state index contributed by atoms with van der Waals surface area (Å²) in [5, 5.41) is 14.0. The van der Waals surface area contributed by atoms with Crippen molar-refractivity contribution in [3.63, 3.8) is 0 Å². The molecule has 6 heteroatoms. The summed E-state index contributed by atoms with van der Waals surface area (Å²) in [4.78, 5) is 22.3. The first kappa shape index (κ1) is 13.3. The van der Waals surface area contributed by atoms with Crippen LogP contribution in [0.1, 0.15) is 29.6 Å². The first-order valence-corrected chi connectivity index (χ1v) is 6.14. The number of carbonyl (C=O) groups is 2. The van der Waals surface area contributed by atoms with Gasteiger partial charge in [0.05, 0.1) is 5.56 Å². The fourth-order valence-corrected chi connectivity index (χ4v) is 1.88. The zero-order valence-corrected chi connectivity index (χ0v) is 10.3. The van der Waals surface area contributed by atoms with Crippen molar-refractivity contribution in [3.8, 4) is 0 Å². The quantitative estimate of drug-likeness (QED) is 0.783. The van der Waals surface area contributed by atoms with Gasteiger partial charge in [-0.1, -0.05) is 6.42 Å². The Labute approximate surface area is 109 Å². The van der Waals surface area contributed by atoms with E-state index in [1.807, 2.05) is 0 Å². The number of anilines is 1. The van der Waals surface area contributed by atoms with E-state index in [4.69, 9.17) is 5.11 Å². The van der Waals surface area contributed by atoms with Crippen LogP contribution in [0.2, 0.25) is 0 Å². The minimum atomic E-state index is -1.36. The van der Waals surface area contributed by atoms with Gasteiger partial charge in [0.2, 0.25) is 0 Å². The third-order valence-corrected chi connectivity index (χ3v) is 3.23. The number of carboxylic acids is 1. The molecule has 3 N–H and O–H groups in total. The maximum Gasteiger partial charge on any atom is 0.338 e. The predicted octanol–water partition coefficient (Wildman–Crippen LogP) is 2.45. The molecule has 0 aliphatic heterocycles. The molecule has 2 rings (SSSR count). The van der Waals surface area contributed by atoms with Gasteiger partial charge in [-0.05, 0) is 37.0 Å². The molecule has 19 heavy (non-hydrogen) atoms. The zero-order chi connectivity index (χ0) is 13.8. The summed E-state index contributed by atoms with van der Waals surface area (Å²) in [6.45, 7) is 0.610. The molecule has 0 heterocycles. The molecule has 1 aliphatic carbocycles. The third kappa shape index (κ3) is 3.43. The van der Waals surface area contributed by atoms with Gasteiger partial charge in [-0.3, -0.25) is 0 Å². The van der Waals surface area contributed by atoms with E-state index in [-0.39, 0.29) is 5.69 Å². The van der Waals surface area contributed by atoms with Gasteiger partial charge in [-0.25, -0.2) is 14.0 Å². The van der Waals surface area contributed by atoms with E-state index in [1.165, 1.54) is 12.5 Å². The molecule has 1 aromatic carbocycles. The normalized spacial score (nSPS) is 14.6. The second-order valence-corrected chi connectivity index (χ2v) is 4.63. The Balaban J connectivity index is 1.92. The summed E-state index contributed by atoms with van der Waals surface area (Å²) < 4.78 is 13.2. The lowest BCUT2D eigenvalue weighted by Gasteiger charge is -2.25. The van der Waals surface area contributed by atoms with Crippen molar-refractivity contribution < 1.29 is 19.1 Å². The fourth-order valence-electron chi connectivity index (χ4n) is 1.88. The second-order valence-electron chi connectivity index (χ2n) is 4.63. The van der Waals surface area contributed by atoms with E-state index < -0.39 is 23.4 Å². The van der Waals surface area contributed by atoms with E-state index in [9.17, 15) is 14.0 Å². The van der Waals surface area contributed by atoms with Crippen LogP contribution in [0, 0.1) is 11.7 Å². The second kappa shape index (κ2) is 5.69. The molecule has 1 fully saturated rings. The maximum absolute atomic E-state index is 13.2. The van der Waals surface area contributed by atoms with E-state index in [0.717, 1.165) is 25.0 Å². The number of hydrogen-bond donors (Lipinski definition) is 3. The molecular formula is C13H15FN2O3. The Hall–Kier alpha value is -2.11. The molecule has 1 aromatic rings. The van der Waals surface area contributed by atoms with E-state index in [2.05, 4.69) is 10.6 Å². The summed E-state index contributed by atoms with van der Waals surface area (Å²) >= 11 is 0. The molecule has 0 saturated heterocycles. The largest absolute Gasteiger partial charge is 0.478 e. The topological polar surface area (TPSA) is 78.4 Å². The average molecular weight is 266 g/mol. The van der Waals surface area contributed by atoms with Crippen molar-refractivity contribution in [2.24, 2.45) is 5.92 Å². The molecule has 0 spiro atoms. The minimum Gasteiger partial charge on any atom is -0.478 e. The van der Waals surface area contributed by atoms with Crippen LogP contribution >= 0.6 is 0 Å². The highest BCUT2D eigenvalue weighted by molar-refractivity contribution is 5.93. The number of amides is 2. The first-order valence-electron chi connectivity index (χ1n) is 6.14. The molecular weight excluding hydrogens is 251 g/mol. The summed E-state index contributed by atoms with van der Waals surface area (Å²) in [5.41, 5.74) is -0.207. The van der Waals surface area contributed by atoms with Gasteiger partial charge in [0, 0.05) is 12.2 Å². The monoisotopic (exact) mass is 266 g/mol. The van der Waals surface area contributed by atoms with Crippen LogP contribution in [-0.2, 0) is 0 Å². The van der Waals surface area contributed by atoms with Crippen molar-refractivity contribution in [1.82, 2.24) is 5.32 Å². The summed E-state index contributed by atoms with van der Waals surface area (Å²) in [7, 11) is 0. The summed E-state index contributed by atoms with van der Waals surface area (Å²) in [5.74, 6) is -1.66. The third-order valence-electron chi connectivity index (χ3n) is 3.23. The number of urea groups is 1. The molecule has 0 unspecified atom stereocenters. The van der Waals surface area contributed by atoms with Crippen LogP contribution in [0.15, 0.2) is 18.2 Å². The number of nitrogens with one attached hydrogen (secondary N) is 2. The molecule has 0 atom stereocenters. The SMILES string of the molecule is O=C(NCC1CCC1)Nc1ccc(F)c(C(=O)O)c1. The Morgan fingerprint density at radius 3 is 2.68 bits per heavy atom. The van der Waals surface area contributed by atoms with Crippen LogP contribution in [0.5, 0.6) is 0 Å². The number of hydrogen-bond acceptors (Lipinski definition) is 2. The minimum absolute atomic E-state index is 0.255. The lowest BCUT2D eigenvalue weighted by molar-refractivity contribution is 0.0692. The molecule has 102 valence electrons. The molecule has 0 aromatic heterocycles. The fraction of sp³-hybridized carbons (Fsp3) is 0.385.